The van der Waals surface area contributed by atoms with Gasteiger partial charge in [0.15, 0.2) is 0 Å². The van der Waals surface area contributed by atoms with Crippen LogP contribution >= 0.6 is 22.9 Å². The van der Waals surface area contributed by atoms with Crippen molar-refractivity contribution in [1.82, 2.24) is 9.88 Å². The minimum Gasteiger partial charge on any atom is -0.463 e. The molecule has 0 unspecified atom stereocenters. The molecule has 1 saturated heterocycles. The van der Waals surface area contributed by atoms with E-state index in [2.05, 4.69) is 4.98 Å². The molecule has 0 spiro atoms. The maximum absolute atomic E-state index is 12.1. The van der Waals surface area contributed by atoms with E-state index in [-0.39, 0.29) is 12.0 Å². The fraction of sp³-hybridized carbons (Fsp3) is 0.231. The van der Waals surface area contributed by atoms with Gasteiger partial charge in [-0.15, -0.1) is 0 Å². The molecular weight excluding hydrogens is 284 g/mol. The summed E-state index contributed by atoms with van der Waals surface area (Å²) in [5.41, 5.74) is 0.650. The van der Waals surface area contributed by atoms with Crippen molar-refractivity contribution in [3.8, 4) is 5.19 Å². The second kappa shape index (κ2) is 5.19. The average molecular weight is 295 g/mol. The van der Waals surface area contributed by atoms with Crippen molar-refractivity contribution in [2.24, 2.45) is 0 Å². The van der Waals surface area contributed by atoms with Crippen LogP contribution in [0, 0.1) is 0 Å². The van der Waals surface area contributed by atoms with E-state index in [9.17, 15) is 4.79 Å². The molecule has 0 radical (unpaired) electrons. The predicted octanol–water partition coefficient (Wildman–Crippen LogP) is 2.70. The average Bonchev–Trinajstić information content (AvgIpc) is 2.86. The van der Waals surface area contributed by atoms with E-state index in [0.29, 0.717) is 28.9 Å². The van der Waals surface area contributed by atoms with Crippen LogP contribution in [-0.4, -0.2) is 35.0 Å². The lowest BCUT2D eigenvalue weighted by molar-refractivity contribution is 0.0177. The van der Waals surface area contributed by atoms with E-state index >= 15 is 0 Å². The van der Waals surface area contributed by atoms with Crippen molar-refractivity contribution in [3.05, 3.63) is 46.4 Å². The zero-order chi connectivity index (χ0) is 13.2. The highest BCUT2D eigenvalue weighted by atomic mass is 35.5. The number of thiazole rings is 1. The molecule has 1 amide bonds. The van der Waals surface area contributed by atoms with Gasteiger partial charge in [-0.3, -0.25) is 4.79 Å². The molecule has 1 fully saturated rings. The number of amides is 1. The molecule has 1 aliphatic rings. The molecule has 2 heterocycles. The molecule has 1 aromatic carbocycles. The molecule has 0 saturated carbocycles. The highest BCUT2D eigenvalue weighted by Gasteiger charge is 2.33. The monoisotopic (exact) mass is 294 g/mol. The van der Waals surface area contributed by atoms with Crippen molar-refractivity contribution < 1.29 is 9.53 Å². The number of hydrogen-bond donors (Lipinski definition) is 0. The standard InChI is InChI=1S/C13H11ClN2O2S/c14-10-3-1-9(2-4-10)12(17)16-7-11(8-16)18-13-15-5-6-19-13/h1-6,11H,7-8H2. The number of rotatable bonds is 3. The van der Waals surface area contributed by atoms with Crippen LogP contribution in [0.25, 0.3) is 0 Å². The third-order valence-corrected chi connectivity index (χ3v) is 3.82. The number of carbonyl (C=O) groups is 1. The summed E-state index contributed by atoms with van der Waals surface area (Å²) in [5, 5.41) is 3.15. The summed E-state index contributed by atoms with van der Waals surface area (Å²) < 4.78 is 5.62. The lowest BCUT2D eigenvalue weighted by Crippen LogP contribution is -2.56. The fourth-order valence-electron chi connectivity index (χ4n) is 1.86. The van der Waals surface area contributed by atoms with Gasteiger partial charge >= 0.3 is 0 Å². The van der Waals surface area contributed by atoms with Crippen molar-refractivity contribution in [2.45, 2.75) is 6.10 Å². The molecule has 98 valence electrons. The van der Waals surface area contributed by atoms with Gasteiger partial charge in [0, 0.05) is 22.2 Å². The van der Waals surface area contributed by atoms with Crippen LogP contribution in [0.5, 0.6) is 5.19 Å². The highest BCUT2D eigenvalue weighted by Crippen LogP contribution is 2.21. The van der Waals surface area contributed by atoms with Crippen molar-refractivity contribution in [3.63, 3.8) is 0 Å². The smallest absolute Gasteiger partial charge is 0.273 e. The Morgan fingerprint density at radius 2 is 2.11 bits per heavy atom. The summed E-state index contributed by atoms with van der Waals surface area (Å²) in [6, 6.07) is 6.91. The Hall–Kier alpha value is -1.59. The number of benzene rings is 1. The molecule has 2 aromatic rings. The van der Waals surface area contributed by atoms with Gasteiger partial charge in [-0.25, -0.2) is 4.98 Å². The molecule has 0 bridgehead atoms. The normalized spacial score (nSPS) is 15.1. The lowest BCUT2D eigenvalue weighted by atomic mass is 10.1. The molecule has 0 atom stereocenters. The number of likely N-dealkylation sites (tertiary alicyclic amines) is 1. The van der Waals surface area contributed by atoms with Gasteiger partial charge in [0.1, 0.15) is 6.10 Å². The number of ether oxygens (including phenoxy) is 1. The van der Waals surface area contributed by atoms with Gasteiger partial charge in [0.05, 0.1) is 13.1 Å². The van der Waals surface area contributed by atoms with E-state index in [4.69, 9.17) is 16.3 Å². The SMILES string of the molecule is O=C(c1ccc(Cl)cc1)N1CC(Oc2nccs2)C1. The largest absolute Gasteiger partial charge is 0.463 e. The third kappa shape index (κ3) is 2.72. The maximum atomic E-state index is 12.1. The van der Waals surface area contributed by atoms with Crippen LogP contribution in [-0.2, 0) is 0 Å². The fourth-order valence-corrected chi connectivity index (χ4v) is 2.54. The van der Waals surface area contributed by atoms with E-state index in [1.54, 1.807) is 35.4 Å². The highest BCUT2D eigenvalue weighted by molar-refractivity contribution is 7.11. The Morgan fingerprint density at radius 3 is 2.74 bits per heavy atom. The van der Waals surface area contributed by atoms with E-state index in [1.807, 2.05) is 5.38 Å². The van der Waals surface area contributed by atoms with Gasteiger partial charge in [-0.2, -0.15) is 0 Å². The topological polar surface area (TPSA) is 42.4 Å². The summed E-state index contributed by atoms with van der Waals surface area (Å²) in [4.78, 5) is 17.9. The van der Waals surface area contributed by atoms with Crippen molar-refractivity contribution >= 4 is 28.8 Å². The summed E-state index contributed by atoms with van der Waals surface area (Å²) in [5.74, 6) is 0.00987. The second-order valence-corrected chi connectivity index (χ2v) is 5.55. The van der Waals surface area contributed by atoms with Gasteiger partial charge < -0.3 is 9.64 Å². The first-order valence-corrected chi connectivity index (χ1v) is 7.09. The molecule has 6 heteroatoms. The van der Waals surface area contributed by atoms with Crippen molar-refractivity contribution in [2.75, 3.05) is 13.1 Å². The predicted molar refractivity (Wildman–Crippen MR) is 73.9 cm³/mol. The molecule has 4 nitrogen and oxygen atoms in total. The minimum atomic E-state index is 0.00987. The molecular formula is C13H11ClN2O2S. The van der Waals surface area contributed by atoms with Gasteiger partial charge in [0.25, 0.3) is 11.1 Å². The Labute approximate surface area is 119 Å². The maximum Gasteiger partial charge on any atom is 0.273 e. The first kappa shape index (κ1) is 12.4. The Bertz CT molecular complexity index is 565. The Kier molecular flexibility index (Phi) is 3.40. The summed E-state index contributed by atoms with van der Waals surface area (Å²) >= 11 is 7.25. The number of aromatic nitrogens is 1. The number of nitrogens with zero attached hydrogens (tertiary/aromatic N) is 2. The number of hydrogen-bond acceptors (Lipinski definition) is 4. The van der Waals surface area contributed by atoms with Gasteiger partial charge in [0.2, 0.25) is 0 Å². The van der Waals surface area contributed by atoms with Crippen LogP contribution in [0.1, 0.15) is 10.4 Å². The first-order valence-electron chi connectivity index (χ1n) is 5.83. The quantitative estimate of drug-likeness (QED) is 0.874. The summed E-state index contributed by atoms with van der Waals surface area (Å²) in [6.07, 6.45) is 1.75. The first-order chi connectivity index (χ1) is 9.22. The zero-order valence-corrected chi connectivity index (χ0v) is 11.5. The van der Waals surface area contributed by atoms with Crippen LogP contribution in [0.3, 0.4) is 0 Å². The van der Waals surface area contributed by atoms with Crippen molar-refractivity contribution in [1.29, 1.82) is 0 Å². The molecule has 1 aliphatic heterocycles. The number of carbonyl (C=O) groups excluding carboxylic acids is 1. The molecule has 0 N–H and O–H groups in total. The summed E-state index contributed by atoms with van der Waals surface area (Å²) in [7, 11) is 0. The molecule has 3 rings (SSSR count). The third-order valence-electron chi connectivity index (χ3n) is 2.90. The van der Waals surface area contributed by atoms with E-state index in [1.165, 1.54) is 11.3 Å². The zero-order valence-electron chi connectivity index (χ0n) is 9.95. The molecule has 0 aliphatic carbocycles. The Balaban J connectivity index is 1.55. The van der Waals surface area contributed by atoms with Crippen LogP contribution in [0.2, 0.25) is 5.02 Å². The molecule has 19 heavy (non-hydrogen) atoms. The molecule has 1 aromatic heterocycles. The van der Waals surface area contributed by atoms with Crippen LogP contribution in [0.15, 0.2) is 35.8 Å². The van der Waals surface area contributed by atoms with E-state index < -0.39 is 0 Å². The van der Waals surface area contributed by atoms with Gasteiger partial charge in [-0.1, -0.05) is 22.9 Å². The van der Waals surface area contributed by atoms with Crippen LogP contribution < -0.4 is 4.74 Å². The second-order valence-electron chi connectivity index (χ2n) is 4.25. The summed E-state index contributed by atoms with van der Waals surface area (Å²) in [6.45, 7) is 1.20. The number of halogens is 1. The minimum absolute atomic E-state index is 0.00987. The van der Waals surface area contributed by atoms with E-state index in [0.717, 1.165) is 0 Å². The lowest BCUT2D eigenvalue weighted by Gasteiger charge is -2.38. The van der Waals surface area contributed by atoms with Gasteiger partial charge in [-0.05, 0) is 24.3 Å². The van der Waals surface area contributed by atoms with Crippen LogP contribution in [0.4, 0.5) is 0 Å². The Morgan fingerprint density at radius 1 is 1.37 bits per heavy atom.